The highest BCUT2D eigenvalue weighted by atomic mass is 16.5. The van der Waals surface area contributed by atoms with Gasteiger partial charge in [-0.15, -0.1) is 0 Å². The zero-order valence-electron chi connectivity index (χ0n) is 17.0. The minimum atomic E-state index is -0.646. The molecule has 0 bridgehead atoms. The number of nitrogens with zero attached hydrogens (tertiary/aromatic N) is 2. The van der Waals surface area contributed by atoms with Gasteiger partial charge >= 0.3 is 0 Å². The molecule has 0 spiro atoms. The molecule has 0 aliphatic rings. The van der Waals surface area contributed by atoms with Gasteiger partial charge in [-0.2, -0.15) is 5.26 Å². The SMILES string of the molecule is CCCCCOc1ccc(C(=O)c2c(C)c(C#N)c(=O)n(CCOC)c2O)cc1. The first-order valence-electron chi connectivity index (χ1n) is 9.59. The van der Waals surface area contributed by atoms with Gasteiger partial charge in [-0.05, 0) is 43.2 Å². The molecule has 1 aromatic heterocycles. The molecule has 0 amide bonds. The lowest BCUT2D eigenvalue weighted by Crippen LogP contribution is -2.28. The first kappa shape index (κ1) is 22.2. The minimum Gasteiger partial charge on any atom is -0.494 e. The van der Waals surface area contributed by atoms with Gasteiger partial charge in [0.05, 0.1) is 25.3 Å². The molecular weight excluding hydrogens is 372 g/mol. The van der Waals surface area contributed by atoms with E-state index in [4.69, 9.17) is 9.47 Å². The van der Waals surface area contributed by atoms with Crippen LogP contribution in [0.25, 0.3) is 0 Å². The largest absolute Gasteiger partial charge is 0.494 e. The summed E-state index contributed by atoms with van der Waals surface area (Å²) in [6.45, 7) is 4.39. The number of pyridine rings is 1. The predicted octanol–water partition coefficient (Wildman–Crippen LogP) is 3.18. The molecule has 7 nitrogen and oxygen atoms in total. The minimum absolute atomic E-state index is 0.0287. The summed E-state index contributed by atoms with van der Waals surface area (Å²) >= 11 is 0. The number of benzene rings is 1. The maximum absolute atomic E-state index is 13.0. The Hall–Kier alpha value is -3.11. The summed E-state index contributed by atoms with van der Waals surface area (Å²) in [4.78, 5) is 25.5. The van der Waals surface area contributed by atoms with E-state index >= 15 is 0 Å². The fourth-order valence-corrected chi connectivity index (χ4v) is 3.00. The van der Waals surface area contributed by atoms with Gasteiger partial charge in [0.2, 0.25) is 5.88 Å². The van der Waals surface area contributed by atoms with Crippen molar-refractivity contribution in [1.82, 2.24) is 4.57 Å². The topological polar surface area (TPSA) is 102 Å². The number of ether oxygens (including phenoxy) is 2. The summed E-state index contributed by atoms with van der Waals surface area (Å²) in [6, 6.07) is 8.43. The first-order chi connectivity index (χ1) is 14.0. The van der Waals surface area contributed by atoms with Crippen LogP contribution in [-0.2, 0) is 11.3 Å². The second-order valence-corrected chi connectivity index (χ2v) is 6.67. The molecule has 0 radical (unpaired) electrons. The zero-order valence-corrected chi connectivity index (χ0v) is 17.0. The molecule has 1 N–H and O–H groups in total. The number of nitriles is 1. The number of hydrogen-bond acceptors (Lipinski definition) is 6. The van der Waals surface area contributed by atoms with Crippen molar-refractivity contribution in [2.75, 3.05) is 20.3 Å². The number of ketones is 1. The fourth-order valence-electron chi connectivity index (χ4n) is 3.00. The number of methoxy groups -OCH3 is 1. The predicted molar refractivity (Wildman–Crippen MR) is 109 cm³/mol. The third kappa shape index (κ3) is 5.04. The van der Waals surface area contributed by atoms with Gasteiger partial charge < -0.3 is 14.6 Å². The molecule has 0 saturated carbocycles. The molecule has 0 atom stereocenters. The maximum atomic E-state index is 13.0. The Morgan fingerprint density at radius 3 is 2.48 bits per heavy atom. The molecule has 0 saturated heterocycles. The second-order valence-electron chi connectivity index (χ2n) is 6.67. The average Bonchev–Trinajstić information content (AvgIpc) is 2.72. The van der Waals surface area contributed by atoms with Crippen molar-refractivity contribution < 1.29 is 19.4 Å². The van der Waals surface area contributed by atoms with Crippen molar-refractivity contribution in [3.8, 4) is 17.7 Å². The van der Waals surface area contributed by atoms with E-state index in [0.717, 1.165) is 23.8 Å². The van der Waals surface area contributed by atoms with Crippen molar-refractivity contribution in [2.24, 2.45) is 0 Å². The Labute approximate surface area is 170 Å². The summed E-state index contributed by atoms with van der Waals surface area (Å²) in [5.74, 6) is -0.282. The molecule has 2 rings (SSSR count). The van der Waals surface area contributed by atoms with Crippen LogP contribution >= 0.6 is 0 Å². The van der Waals surface area contributed by atoms with Gasteiger partial charge in [-0.25, -0.2) is 0 Å². The fraction of sp³-hybridized carbons (Fsp3) is 0.409. The van der Waals surface area contributed by atoms with Crippen molar-refractivity contribution in [2.45, 2.75) is 39.7 Å². The molecule has 0 aliphatic carbocycles. The Kier molecular flexibility index (Phi) is 7.98. The van der Waals surface area contributed by atoms with E-state index in [2.05, 4.69) is 6.92 Å². The van der Waals surface area contributed by atoms with Crippen LogP contribution in [0.1, 0.15) is 53.2 Å². The van der Waals surface area contributed by atoms with Crippen LogP contribution in [0, 0.1) is 18.3 Å². The molecule has 1 aromatic carbocycles. The Balaban J connectivity index is 2.37. The standard InChI is InChI=1S/C22H26N2O5/c1-4-5-6-12-29-17-9-7-16(8-10-17)20(25)19-15(2)18(14-23)21(26)24(22(19)27)11-13-28-3/h7-10,27H,4-6,11-13H2,1-3H3. The average molecular weight is 398 g/mol. The number of rotatable bonds is 10. The Morgan fingerprint density at radius 2 is 1.90 bits per heavy atom. The lowest BCUT2D eigenvalue weighted by atomic mass is 9.97. The lowest BCUT2D eigenvalue weighted by Gasteiger charge is -2.15. The van der Waals surface area contributed by atoms with E-state index < -0.39 is 17.2 Å². The van der Waals surface area contributed by atoms with E-state index in [0.29, 0.717) is 17.9 Å². The number of carbonyl (C=O) groups excluding carboxylic acids is 1. The molecule has 0 unspecified atom stereocenters. The third-order valence-corrected chi connectivity index (χ3v) is 4.68. The van der Waals surface area contributed by atoms with E-state index in [-0.39, 0.29) is 29.8 Å². The monoisotopic (exact) mass is 398 g/mol. The van der Waals surface area contributed by atoms with Crippen molar-refractivity contribution in [1.29, 1.82) is 5.26 Å². The van der Waals surface area contributed by atoms with Crippen LogP contribution in [0.15, 0.2) is 29.1 Å². The van der Waals surface area contributed by atoms with Gasteiger partial charge in [0.1, 0.15) is 17.4 Å². The number of unbranched alkanes of at least 4 members (excludes halogenated alkanes) is 2. The van der Waals surface area contributed by atoms with Crippen molar-refractivity contribution in [3.05, 3.63) is 56.9 Å². The molecule has 0 fully saturated rings. The van der Waals surface area contributed by atoms with Crippen LogP contribution in [0.3, 0.4) is 0 Å². The second kappa shape index (κ2) is 10.4. The van der Waals surface area contributed by atoms with Crippen LogP contribution in [0.2, 0.25) is 0 Å². The highest BCUT2D eigenvalue weighted by Gasteiger charge is 2.24. The van der Waals surface area contributed by atoms with Crippen LogP contribution in [0.4, 0.5) is 0 Å². The van der Waals surface area contributed by atoms with E-state index in [1.165, 1.54) is 14.0 Å². The quantitative estimate of drug-likeness (QED) is 0.487. The summed E-state index contributed by atoms with van der Waals surface area (Å²) in [6.07, 6.45) is 3.16. The van der Waals surface area contributed by atoms with Gasteiger partial charge in [0.25, 0.3) is 5.56 Å². The van der Waals surface area contributed by atoms with Crippen LogP contribution in [-0.4, -0.2) is 35.8 Å². The number of aromatic hydroxyl groups is 1. The molecule has 29 heavy (non-hydrogen) atoms. The third-order valence-electron chi connectivity index (χ3n) is 4.68. The van der Waals surface area contributed by atoms with Gasteiger partial charge in [-0.3, -0.25) is 14.2 Å². The number of aromatic nitrogens is 1. The molecule has 0 aliphatic heterocycles. The van der Waals surface area contributed by atoms with Gasteiger partial charge in [0, 0.05) is 12.7 Å². The molecule has 7 heteroatoms. The highest BCUT2D eigenvalue weighted by molar-refractivity contribution is 6.11. The first-order valence-corrected chi connectivity index (χ1v) is 9.59. The maximum Gasteiger partial charge on any atom is 0.271 e. The van der Waals surface area contributed by atoms with E-state index in [9.17, 15) is 20.0 Å². The zero-order chi connectivity index (χ0) is 21.4. The smallest absolute Gasteiger partial charge is 0.271 e. The number of hydrogen-bond donors (Lipinski definition) is 1. The van der Waals surface area contributed by atoms with E-state index in [1.807, 2.05) is 6.07 Å². The molecule has 1 heterocycles. The van der Waals surface area contributed by atoms with Gasteiger partial charge in [0.15, 0.2) is 5.78 Å². The van der Waals surface area contributed by atoms with Crippen LogP contribution in [0.5, 0.6) is 11.6 Å². The summed E-state index contributed by atoms with van der Waals surface area (Å²) < 4.78 is 11.6. The summed E-state index contributed by atoms with van der Waals surface area (Å²) in [5, 5.41) is 20.0. The van der Waals surface area contributed by atoms with Crippen molar-refractivity contribution in [3.63, 3.8) is 0 Å². The Morgan fingerprint density at radius 1 is 1.21 bits per heavy atom. The molecule has 2 aromatic rings. The summed E-state index contributed by atoms with van der Waals surface area (Å²) in [7, 11) is 1.46. The van der Waals surface area contributed by atoms with Crippen molar-refractivity contribution >= 4 is 5.78 Å². The van der Waals surface area contributed by atoms with Gasteiger partial charge in [-0.1, -0.05) is 19.8 Å². The lowest BCUT2D eigenvalue weighted by molar-refractivity contribution is 0.103. The highest BCUT2D eigenvalue weighted by Crippen LogP contribution is 2.25. The summed E-state index contributed by atoms with van der Waals surface area (Å²) in [5.41, 5.74) is -0.391. The molecular formula is C22H26N2O5. The normalized spacial score (nSPS) is 10.6. The van der Waals surface area contributed by atoms with Crippen LogP contribution < -0.4 is 10.3 Å². The Bertz CT molecular complexity index is 955. The van der Waals surface area contributed by atoms with E-state index in [1.54, 1.807) is 24.3 Å². The number of carbonyl (C=O) groups is 1. The molecule has 154 valence electrons.